The number of oxime groups is 1. The minimum atomic E-state index is -0.188. The number of aryl methyl sites for hydroxylation is 2. The second-order valence-corrected chi connectivity index (χ2v) is 13.5. The van der Waals surface area contributed by atoms with Gasteiger partial charge in [-0.15, -0.1) is 23.7 Å². The van der Waals surface area contributed by atoms with Crippen LogP contribution in [-0.4, -0.2) is 42.3 Å². The number of carbonyl (C=O) groups excluding carboxylic acids is 2. The molecule has 2 N–H and O–H groups in total. The molecule has 10 heteroatoms. The largest absolute Gasteiger partial charge is 0.425 e. The number of aromatic nitrogens is 1. The highest BCUT2D eigenvalue weighted by Gasteiger charge is 2.57. The van der Waals surface area contributed by atoms with Gasteiger partial charge in [0.05, 0.1) is 5.71 Å². The first-order valence-corrected chi connectivity index (χ1v) is 15.6. The standard InChI is InChI=1S/C31H40N4O4S.ClH/c1-18-17-33-30(40-18)34-27(36)11-7-20-16-26(35-38-3)31(2)13-12-23-22-10-8-21(39-29(37)25-5-4-14-32-25)15-19(22)6-9-24(23)28(20)31;/h8,10,15,17,20,23-25,28,32H,4-7,9,11-14,16H2,1-3H3,(H,33,34,36);1H/b35-26+;/t20-,23?,24?,25+,28?,31-;/m1./s1. The van der Waals surface area contributed by atoms with Gasteiger partial charge in [0.1, 0.15) is 18.9 Å². The van der Waals surface area contributed by atoms with Crippen molar-refractivity contribution in [2.75, 3.05) is 19.0 Å². The van der Waals surface area contributed by atoms with Crippen LogP contribution in [0.4, 0.5) is 5.13 Å². The number of ether oxygens (including phenoxy) is 1. The summed E-state index contributed by atoms with van der Waals surface area (Å²) in [6, 6.07) is 6.10. The number of nitrogens with zero attached hydrogens (tertiary/aromatic N) is 2. The van der Waals surface area contributed by atoms with E-state index in [9.17, 15) is 9.59 Å². The SMILES string of the molecule is CO/N=C1\C[C@@H](CCC(=O)Nc2ncc(C)s2)C2C3CCc4cc(OC(=O)[C@@H]5CCCN5)ccc4C3CC[C@]12C.Cl. The van der Waals surface area contributed by atoms with E-state index in [-0.39, 0.29) is 35.7 Å². The highest BCUT2D eigenvalue weighted by atomic mass is 35.5. The molecule has 6 rings (SSSR count). The molecule has 1 saturated heterocycles. The van der Waals surface area contributed by atoms with Gasteiger partial charge >= 0.3 is 5.97 Å². The number of benzene rings is 1. The van der Waals surface area contributed by atoms with Crippen molar-refractivity contribution < 1.29 is 19.2 Å². The van der Waals surface area contributed by atoms with E-state index in [4.69, 9.17) is 9.57 Å². The van der Waals surface area contributed by atoms with Gasteiger partial charge in [-0.2, -0.15) is 0 Å². The molecular formula is C31H41ClN4O4S. The molecule has 4 aliphatic rings. The van der Waals surface area contributed by atoms with Crippen molar-refractivity contribution in [2.24, 2.45) is 28.3 Å². The number of nitrogens with one attached hydrogen (secondary N) is 2. The zero-order valence-electron chi connectivity index (χ0n) is 24.1. The topological polar surface area (TPSA) is 102 Å². The molecule has 1 aliphatic heterocycles. The molecule has 1 aromatic carbocycles. The lowest BCUT2D eigenvalue weighted by Gasteiger charge is -2.50. The maximum atomic E-state index is 12.8. The van der Waals surface area contributed by atoms with Crippen LogP contribution in [0.25, 0.3) is 0 Å². The number of halogens is 1. The molecule has 0 radical (unpaired) electrons. The third-order valence-electron chi connectivity index (χ3n) is 9.95. The number of carbonyl (C=O) groups is 2. The average Bonchev–Trinajstić information content (AvgIpc) is 3.68. The number of rotatable bonds is 7. The predicted octanol–water partition coefficient (Wildman–Crippen LogP) is 6.03. The van der Waals surface area contributed by atoms with Crippen molar-refractivity contribution in [2.45, 2.75) is 83.6 Å². The van der Waals surface area contributed by atoms with Crippen molar-refractivity contribution in [3.8, 4) is 5.75 Å². The Kier molecular flexibility index (Phi) is 9.07. The van der Waals surface area contributed by atoms with Gasteiger partial charge in [-0.1, -0.05) is 18.1 Å². The normalized spacial score (nSPS) is 31.0. The summed E-state index contributed by atoms with van der Waals surface area (Å²) >= 11 is 1.51. The van der Waals surface area contributed by atoms with Crippen LogP contribution in [0.15, 0.2) is 29.6 Å². The Bertz CT molecular complexity index is 1310. The van der Waals surface area contributed by atoms with E-state index in [0.29, 0.717) is 41.0 Å². The van der Waals surface area contributed by atoms with Crippen LogP contribution in [0, 0.1) is 30.1 Å². The van der Waals surface area contributed by atoms with Crippen LogP contribution >= 0.6 is 23.7 Å². The summed E-state index contributed by atoms with van der Waals surface area (Å²) < 4.78 is 5.77. The molecule has 0 spiro atoms. The van der Waals surface area contributed by atoms with Crippen molar-refractivity contribution >= 4 is 46.5 Å². The predicted molar refractivity (Wildman–Crippen MR) is 163 cm³/mol. The molecule has 41 heavy (non-hydrogen) atoms. The molecule has 2 heterocycles. The lowest BCUT2D eigenvalue weighted by molar-refractivity contribution is -0.136. The summed E-state index contributed by atoms with van der Waals surface area (Å²) in [4.78, 5) is 36.1. The maximum Gasteiger partial charge on any atom is 0.328 e. The second-order valence-electron chi connectivity index (χ2n) is 12.3. The molecule has 3 unspecified atom stereocenters. The molecule has 1 aromatic heterocycles. The molecule has 1 amide bonds. The molecule has 3 fully saturated rings. The van der Waals surface area contributed by atoms with Crippen molar-refractivity contribution in [3.63, 3.8) is 0 Å². The van der Waals surface area contributed by atoms with E-state index in [1.54, 1.807) is 13.3 Å². The summed E-state index contributed by atoms with van der Waals surface area (Å²) in [5.41, 5.74) is 3.87. The maximum absolute atomic E-state index is 12.8. The molecular weight excluding hydrogens is 560 g/mol. The van der Waals surface area contributed by atoms with Gasteiger partial charge < -0.3 is 20.2 Å². The van der Waals surface area contributed by atoms with Gasteiger partial charge in [0, 0.05) is 22.9 Å². The number of fused-ring (bicyclic) bond motifs is 5. The number of hydrogen-bond donors (Lipinski definition) is 2. The summed E-state index contributed by atoms with van der Waals surface area (Å²) in [5.74, 6) is 2.36. The Morgan fingerprint density at radius 1 is 1.27 bits per heavy atom. The Morgan fingerprint density at radius 3 is 2.85 bits per heavy atom. The number of thiazole rings is 1. The molecule has 222 valence electrons. The third-order valence-corrected chi connectivity index (χ3v) is 10.8. The van der Waals surface area contributed by atoms with E-state index in [0.717, 1.165) is 68.5 Å². The molecule has 2 saturated carbocycles. The number of hydrogen-bond acceptors (Lipinski definition) is 8. The van der Waals surface area contributed by atoms with Gasteiger partial charge in [-0.05, 0) is 112 Å². The van der Waals surface area contributed by atoms with Crippen molar-refractivity contribution in [1.82, 2.24) is 10.3 Å². The monoisotopic (exact) mass is 600 g/mol. The average molecular weight is 601 g/mol. The highest BCUT2D eigenvalue weighted by molar-refractivity contribution is 7.15. The summed E-state index contributed by atoms with van der Waals surface area (Å²) in [5, 5.41) is 11.4. The lowest BCUT2D eigenvalue weighted by Crippen LogP contribution is -2.44. The molecule has 8 nitrogen and oxygen atoms in total. The Morgan fingerprint density at radius 2 is 2.12 bits per heavy atom. The van der Waals surface area contributed by atoms with Gasteiger partial charge in [0.15, 0.2) is 5.13 Å². The fraction of sp³-hybridized carbons (Fsp3) is 0.613. The van der Waals surface area contributed by atoms with Gasteiger partial charge in [-0.3, -0.25) is 4.79 Å². The summed E-state index contributed by atoms with van der Waals surface area (Å²) in [6.07, 6.45) is 10.1. The van der Waals surface area contributed by atoms with Gasteiger partial charge in [0.2, 0.25) is 5.91 Å². The van der Waals surface area contributed by atoms with Crippen LogP contribution in [0.1, 0.15) is 80.2 Å². The van der Waals surface area contributed by atoms with Gasteiger partial charge in [0.25, 0.3) is 0 Å². The second kappa shape index (κ2) is 12.4. The quantitative estimate of drug-likeness (QED) is 0.228. The van der Waals surface area contributed by atoms with Crippen molar-refractivity contribution in [3.05, 3.63) is 40.4 Å². The summed E-state index contributed by atoms with van der Waals surface area (Å²) in [6.45, 7) is 5.24. The number of anilines is 1. The minimum absolute atomic E-state index is 0. The van der Waals surface area contributed by atoms with Gasteiger partial charge in [-0.25, -0.2) is 9.78 Å². The smallest absolute Gasteiger partial charge is 0.328 e. The number of amides is 1. The molecule has 6 atom stereocenters. The zero-order chi connectivity index (χ0) is 27.9. The van der Waals surface area contributed by atoms with E-state index in [2.05, 4.69) is 39.8 Å². The van der Waals surface area contributed by atoms with Crippen molar-refractivity contribution in [1.29, 1.82) is 0 Å². The first-order chi connectivity index (χ1) is 19.4. The zero-order valence-corrected chi connectivity index (χ0v) is 25.7. The van der Waals surface area contributed by atoms with E-state index >= 15 is 0 Å². The third kappa shape index (κ3) is 5.90. The lowest BCUT2D eigenvalue weighted by atomic mass is 9.54. The molecule has 3 aliphatic carbocycles. The first kappa shape index (κ1) is 30.0. The Balaban J connectivity index is 0.00000337. The molecule has 0 bridgehead atoms. The fourth-order valence-corrected chi connectivity index (χ4v) is 8.88. The van der Waals surface area contributed by atoms with Crippen LogP contribution in [0.2, 0.25) is 0 Å². The van der Waals surface area contributed by atoms with E-state index in [1.165, 1.54) is 22.5 Å². The van der Waals surface area contributed by atoms with Crippen LogP contribution in [-0.2, 0) is 20.8 Å². The van der Waals surface area contributed by atoms with Crippen LogP contribution < -0.4 is 15.4 Å². The van der Waals surface area contributed by atoms with Crippen LogP contribution in [0.5, 0.6) is 5.75 Å². The Hall–Kier alpha value is -2.49. The fourth-order valence-electron chi connectivity index (χ4n) is 8.20. The minimum Gasteiger partial charge on any atom is -0.425 e. The van der Waals surface area contributed by atoms with E-state index in [1.807, 2.05) is 13.0 Å². The van der Waals surface area contributed by atoms with Crippen LogP contribution in [0.3, 0.4) is 0 Å². The first-order valence-electron chi connectivity index (χ1n) is 14.8. The highest BCUT2D eigenvalue weighted by Crippen LogP contribution is 2.62. The van der Waals surface area contributed by atoms with E-state index < -0.39 is 0 Å². The number of esters is 1. The summed E-state index contributed by atoms with van der Waals surface area (Å²) in [7, 11) is 1.64. The Labute approximate surface area is 252 Å². The molecule has 2 aromatic rings.